The molecule has 0 unspecified atom stereocenters. The average molecular weight is 360 g/mol. The third-order valence-electron chi connectivity index (χ3n) is 2.42. The molecule has 2 aromatic rings. The quantitative estimate of drug-likeness (QED) is 0.716. The molecule has 0 aliphatic heterocycles. The van der Waals surface area contributed by atoms with Gasteiger partial charge in [0, 0.05) is 15.1 Å². The van der Waals surface area contributed by atoms with E-state index < -0.39 is 0 Å². The number of carbonyl (C=O) groups excluding carboxylic acids is 1. The third-order valence-corrected chi connectivity index (χ3v) is 3.48. The van der Waals surface area contributed by atoms with Crippen molar-refractivity contribution < 1.29 is 9.53 Å². The van der Waals surface area contributed by atoms with Crippen LogP contribution in [0.2, 0.25) is 10.0 Å². The van der Waals surface area contributed by atoms with E-state index in [2.05, 4.69) is 15.9 Å². The molecule has 0 amide bonds. The van der Waals surface area contributed by atoms with E-state index in [9.17, 15) is 4.79 Å². The Morgan fingerprint density at radius 1 is 1.11 bits per heavy atom. The number of hydrogen-bond donors (Lipinski definition) is 0. The number of rotatable bonds is 4. The molecule has 5 heteroatoms. The van der Waals surface area contributed by atoms with Crippen LogP contribution in [0.4, 0.5) is 0 Å². The van der Waals surface area contributed by atoms with E-state index in [0.29, 0.717) is 21.4 Å². The lowest BCUT2D eigenvalue weighted by molar-refractivity contribution is 0.0921. The summed E-state index contributed by atoms with van der Waals surface area (Å²) < 4.78 is 6.26. The van der Waals surface area contributed by atoms with E-state index in [-0.39, 0.29) is 12.4 Å². The number of Topliss-reactive ketones (excluding diaryl/α,β-unsaturated/α-hetero) is 1. The van der Waals surface area contributed by atoms with Gasteiger partial charge in [0.25, 0.3) is 0 Å². The first kappa shape index (κ1) is 14.4. The number of ether oxygens (including phenoxy) is 1. The highest BCUT2D eigenvalue weighted by Gasteiger charge is 2.09. The molecule has 0 fully saturated rings. The molecule has 19 heavy (non-hydrogen) atoms. The van der Waals surface area contributed by atoms with Crippen LogP contribution in [0.15, 0.2) is 46.9 Å². The second-order valence-electron chi connectivity index (χ2n) is 3.79. The zero-order chi connectivity index (χ0) is 13.8. The van der Waals surface area contributed by atoms with Crippen LogP contribution < -0.4 is 4.74 Å². The molecule has 98 valence electrons. The lowest BCUT2D eigenvalue weighted by Gasteiger charge is -2.08. The minimum absolute atomic E-state index is 0.0716. The maximum atomic E-state index is 11.9. The van der Waals surface area contributed by atoms with Crippen molar-refractivity contribution in [3.8, 4) is 5.75 Å². The van der Waals surface area contributed by atoms with Crippen LogP contribution in [0.1, 0.15) is 10.4 Å². The first-order valence-electron chi connectivity index (χ1n) is 5.43. The van der Waals surface area contributed by atoms with Crippen LogP contribution in [0.5, 0.6) is 5.75 Å². The number of halogens is 3. The molecule has 0 atom stereocenters. The predicted octanol–water partition coefficient (Wildman–Crippen LogP) is 5.02. The SMILES string of the molecule is O=C(COc1cc(Br)ccc1Cl)c1ccc(Cl)cc1. The Hall–Kier alpha value is -1.03. The van der Waals surface area contributed by atoms with E-state index in [4.69, 9.17) is 27.9 Å². The van der Waals surface area contributed by atoms with Gasteiger partial charge >= 0.3 is 0 Å². The molecule has 2 rings (SSSR count). The number of carbonyl (C=O) groups is 1. The van der Waals surface area contributed by atoms with E-state index in [0.717, 1.165) is 4.47 Å². The summed E-state index contributed by atoms with van der Waals surface area (Å²) in [6, 6.07) is 11.9. The van der Waals surface area contributed by atoms with Crippen molar-refractivity contribution in [1.29, 1.82) is 0 Å². The van der Waals surface area contributed by atoms with Gasteiger partial charge in [0.2, 0.25) is 0 Å². The molecule has 2 nitrogen and oxygen atoms in total. The monoisotopic (exact) mass is 358 g/mol. The fraction of sp³-hybridized carbons (Fsp3) is 0.0714. The van der Waals surface area contributed by atoms with Gasteiger partial charge in [-0.15, -0.1) is 0 Å². The van der Waals surface area contributed by atoms with Gasteiger partial charge in [0.1, 0.15) is 5.75 Å². The average Bonchev–Trinajstić information content (AvgIpc) is 2.40. The van der Waals surface area contributed by atoms with E-state index in [1.807, 2.05) is 0 Å². The number of hydrogen-bond acceptors (Lipinski definition) is 2. The molecule has 0 heterocycles. The zero-order valence-electron chi connectivity index (χ0n) is 9.70. The Bertz CT molecular complexity index is 597. The standard InChI is InChI=1S/C14H9BrCl2O2/c15-10-3-6-12(17)14(7-10)19-8-13(18)9-1-4-11(16)5-2-9/h1-7H,8H2. The van der Waals surface area contributed by atoms with Gasteiger partial charge < -0.3 is 4.74 Å². The topological polar surface area (TPSA) is 26.3 Å². The Morgan fingerprint density at radius 3 is 2.47 bits per heavy atom. The normalized spacial score (nSPS) is 10.3. The molecule has 0 N–H and O–H groups in total. The van der Waals surface area contributed by atoms with Crippen molar-refractivity contribution >= 4 is 44.9 Å². The van der Waals surface area contributed by atoms with Crippen LogP contribution in [-0.4, -0.2) is 12.4 Å². The number of benzene rings is 2. The van der Waals surface area contributed by atoms with E-state index >= 15 is 0 Å². The predicted molar refractivity (Wildman–Crippen MR) is 80.4 cm³/mol. The molecule has 0 saturated heterocycles. The van der Waals surface area contributed by atoms with Crippen molar-refractivity contribution in [1.82, 2.24) is 0 Å². The second-order valence-corrected chi connectivity index (χ2v) is 5.55. The fourth-order valence-electron chi connectivity index (χ4n) is 1.45. The van der Waals surface area contributed by atoms with Crippen LogP contribution in [0, 0.1) is 0 Å². The van der Waals surface area contributed by atoms with Gasteiger partial charge in [0.05, 0.1) is 5.02 Å². The van der Waals surface area contributed by atoms with Crippen LogP contribution in [0.25, 0.3) is 0 Å². The Balaban J connectivity index is 2.04. The lowest BCUT2D eigenvalue weighted by Crippen LogP contribution is -2.11. The number of ketones is 1. The molecular weight excluding hydrogens is 351 g/mol. The van der Waals surface area contributed by atoms with Crippen molar-refractivity contribution in [2.45, 2.75) is 0 Å². The molecule has 0 saturated carbocycles. The minimum Gasteiger partial charge on any atom is -0.484 e. The molecule has 2 aromatic carbocycles. The summed E-state index contributed by atoms with van der Waals surface area (Å²) in [5, 5.41) is 1.06. The smallest absolute Gasteiger partial charge is 0.200 e. The molecule has 0 spiro atoms. The van der Waals surface area contributed by atoms with E-state index in [1.165, 1.54) is 0 Å². The second kappa shape index (κ2) is 6.42. The lowest BCUT2D eigenvalue weighted by atomic mass is 10.1. The summed E-state index contributed by atoms with van der Waals surface area (Å²) in [6.07, 6.45) is 0. The highest BCUT2D eigenvalue weighted by atomic mass is 79.9. The Kier molecular flexibility index (Phi) is 4.86. The van der Waals surface area contributed by atoms with Crippen molar-refractivity contribution in [3.63, 3.8) is 0 Å². The highest BCUT2D eigenvalue weighted by Crippen LogP contribution is 2.28. The summed E-state index contributed by atoms with van der Waals surface area (Å²) in [5.41, 5.74) is 0.551. The minimum atomic E-state index is -0.132. The van der Waals surface area contributed by atoms with Gasteiger partial charge in [-0.2, -0.15) is 0 Å². The molecule has 0 bridgehead atoms. The summed E-state index contributed by atoms with van der Waals surface area (Å²) in [6.45, 7) is -0.0716. The van der Waals surface area contributed by atoms with Crippen molar-refractivity contribution in [2.75, 3.05) is 6.61 Å². The van der Waals surface area contributed by atoms with Gasteiger partial charge in [-0.1, -0.05) is 39.1 Å². The molecule has 0 aliphatic carbocycles. The largest absolute Gasteiger partial charge is 0.484 e. The van der Waals surface area contributed by atoms with Gasteiger partial charge in [0.15, 0.2) is 12.4 Å². The Morgan fingerprint density at radius 2 is 1.79 bits per heavy atom. The van der Waals surface area contributed by atoms with Gasteiger partial charge in [-0.05, 0) is 42.5 Å². The summed E-state index contributed by atoms with van der Waals surface area (Å²) >= 11 is 15.1. The van der Waals surface area contributed by atoms with E-state index in [1.54, 1.807) is 42.5 Å². The molecular formula is C14H9BrCl2O2. The molecule has 0 aliphatic rings. The van der Waals surface area contributed by atoms with Crippen molar-refractivity contribution in [3.05, 3.63) is 62.5 Å². The highest BCUT2D eigenvalue weighted by molar-refractivity contribution is 9.10. The van der Waals surface area contributed by atoms with Crippen molar-refractivity contribution in [2.24, 2.45) is 0 Å². The molecule has 0 radical (unpaired) electrons. The van der Waals surface area contributed by atoms with Gasteiger partial charge in [-0.25, -0.2) is 0 Å². The molecule has 0 aromatic heterocycles. The zero-order valence-corrected chi connectivity index (χ0v) is 12.8. The summed E-state index contributed by atoms with van der Waals surface area (Å²) in [4.78, 5) is 11.9. The van der Waals surface area contributed by atoms with Gasteiger partial charge in [-0.3, -0.25) is 4.79 Å². The first-order valence-corrected chi connectivity index (χ1v) is 6.98. The van der Waals surface area contributed by atoms with Crippen LogP contribution >= 0.6 is 39.1 Å². The first-order chi connectivity index (χ1) is 9.06. The fourth-order valence-corrected chi connectivity index (χ4v) is 2.09. The summed E-state index contributed by atoms with van der Waals surface area (Å²) in [7, 11) is 0. The van der Waals surface area contributed by atoms with Crippen LogP contribution in [0.3, 0.4) is 0 Å². The summed E-state index contributed by atoms with van der Waals surface area (Å²) in [5.74, 6) is 0.339. The third kappa shape index (κ3) is 3.96. The maximum Gasteiger partial charge on any atom is 0.200 e. The maximum absolute atomic E-state index is 11.9. The van der Waals surface area contributed by atoms with Crippen LogP contribution in [-0.2, 0) is 0 Å². The Labute approximate surface area is 129 Å².